The standard InChI is InChI=1S/C11H23N3O2S/c1-13-4-5-14(11(7-12)8-13)10-3-2-6-17(15,16)9-10/h10-11H,2-9,12H2,1H3. The molecule has 100 valence electrons. The number of nitrogens with zero attached hydrogens (tertiary/aromatic N) is 2. The van der Waals surface area contributed by atoms with Crippen molar-refractivity contribution >= 4 is 9.84 Å². The molecule has 5 nitrogen and oxygen atoms in total. The molecule has 2 N–H and O–H groups in total. The zero-order valence-electron chi connectivity index (χ0n) is 10.5. The average Bonchev–Trinajstić information content (AvgIpc) is 2.27. The molecule has 6 heteroatoms. The third-order valence-corrected chi connectivity index (χ3v) is 5.71. The predicted molar refractivity (Wildman–Crippen MR) is 68.7 cm³/mol. The Labute approximate surface area is 104 Å². The molecule has 0 aromatic carbocycles. The topological polar surface area (TPSA) is 66.6 Å². The lowest BCUT2D eigenvalue weighted by Gasteiger charge is -2.44. The molecule has 17 heavy (non-hydrogen) atoms. The molecule has 2 aliphatic rings. The highest BCUT2D eigenvalue weighted by molar-refractivity contribution is 7.91. The first-order valence-electron chi connectivity index (χ1n) is 6.36. The van der Waals surface area contributed by atoms with Gasteiger partial charge in [0, 0.05) is 38.3 Å². The van der Waals surface area contributed by atoms with Crippen LogP contribution in [0.3, 0.4) is 0 Å². The van der Waals surface area contributed by atoms with E-state index in [9.17, 15) is 8.42 Å². The van der Waals surface area contributed by atoms with Crippen molar-refractivity contribution < 1.29 is 8.42 Å². The molecule has 2 aliphatic heterocycles. The second-order valence-electron chi connectivity index (χ2n) is 5.30. The Bertz CT molecular complexity index is 358. The van der Waals surface area contributed by atoms with E-state index in [-0.39, 0.29) is 6.04 Å². The van der Waals surface area contributed by atoms with Crippen molar-refractivity contribution in [1.29, 1.82) is 0 Å². The average molecular weight is 261 g/mol. The molecule has 2 rings (SSSR count). The zero-order valence-corrected chi connectivity index (χ0v) is 11.3. The summed E-state index contributed by atoms with van der Waals surface area (Å²) in [7, 11) is -0.728. The van der Waals surface area contributed by atoms with Crippen LogP contribution in [0.25, 0.3) is 0 Å². The number of likely N-dealkylation sites (N-methyl/N-ethyl adjacent to an activating group) is 1. The van der Waals surface area contributed by atoms with Crippen LogP contribution >= 0.6 is 0 Å². The molecule has 2 atom stereocenters. The van der Waals surface area contributed by atoms with Gasteiger partial charge in [-0.1, -0.05) is 0 Å². The first kappa shape index (κ1) is 13.3. The highest BCUT2D eigenvalue weighted by atomic mass is 32.2. The van der Waals surface area contributed by atoms with Gasteiger partial charge in [-0.15, -0.1) is 0 Å². The summed E-state index contributed by atoms with van der Waals surface area (Å²) in [5.74, 6) is 0.692. The summed E-state index contributed by atoms with van der Waals surface area (Å²) < 4.78 is 23.4. The molecule has 0 bridgehead atoms. The van der Waals surface area contributed by atoms with Crippen LogP contribution in [0.15, 0.2) is 0 Å². The summed E-state index contributed by atoms with van der Waals surface area (Å²) in [5, 5.41) is 0. The number of piperazine rings is 1. The smallest absolute Gasteiger partial charge is 0.151 e. The Morgan fingerprint density at radius 1 is 1.35 bits per heavy atom. The highest BCUT2D eigenvalue weighted by Crippen LogP contribution is 2.21. The van der Waals surface area contributed by atoms with Crippen LogP contribution in [0.2, 0.25) is 0 Å². The first-order chi connectivity index (χ1) is 8.02. The van der Waals surface area contributed by atoms with E-state index >= 15 is 0 Å². The van der Waals surface area contributed by atoms with E-state index in [1.807, 2.05) is 0 Å². The maximum atomic E-state index is 11.7. The van der Waals surface area contributed by atoms with E-state index in [0.717, 1.165) is 32.5 Å². The number of nitrogens with two attached hydrogens (primary N) is 1. The van der Waals surface area contributed by atoms with Crippen molar-refractivity contribution in [3.05, 3.63) is 0 Å². The van der Waals surface area contributed by atoms with Crippen molar-refractivity contribution in [2.75, 3.05) is 44.7 Å². The monoisotopic (exact) mass is 261 g/mol. The molecule has 0 aromatic heterocycles. The predicted octanol–water partition coefficient (Wildman–Crippen LogP) is -0.862. The Kier molecular flexibility index (Phi) is 4.07. The summed E-state index contributed by atoms with van der Waals surface area (Å²) >= 11 is 0. The van der Waals surface area contributed by atoms with Gasteiger partial charge in [-0.3, -0.25) is 4.90 Å². The van der Waals surface area contributed by atoms with Gasteiger partial charge in [0.1, 0.15) is 0 Å². The van der Waals surface area contributed by atoms with Crippen molar-refractivity contribution in [3.8, 4) is 0 Å². The largest absolute Gasteiger partial charge is 0.329 e. The third-order valence-electron chi connectivity index (χ3n) is 3.91. The molecule has 0 aliphatic carbocycles. The number of hydrogen-bond acceptors (Lipinski definition) is 5. The van der Waals surface area contributed by atoms with Gasteiger partial charge >= 0.3 is 0 Å². The minimum Gasteiger partial charge on any atom is -0.329 e. The van der Waals surface area contributed by atoms with Gasteiger partial charge in [-0.2, -0.15) is 0 Å². The van der Waals surface area contributed by atoms with E-state index in [1.54, 1.807) is 0 Å². The Morgan fingerprint density at radius 3 is 2.76 bits per heavy atom. The van der Waals surface area contributed by atoms with Crippen LogP contribution in [0.1, 0.15) is 12.8 Å². The highest BCUT2D eigenvalue weighted by Gasteiger charge is 2.34. The van der Waals surface area contributed by atoms with Gasteiger partial charge < -0.3 is 10.6 Å². The van der Waals surface area contributed by atoms with Crippen molar-refractivity contribution in [2.24, 2.45) is 5.73 Å². The molecular weight excluding hydrogens is 238 g/mol. The Morgan fingerprint density at radius 2 is 2.12 bits per heavy atom. The van der Waals surface area contributed by atoms with Crippen LogP contribution in [0.5, 0.6) is 0 Å². The van der Waals surface area contributed by atoms with Crippen LogP contribution in [-0.2, 0) is 9.84 Å². The van der Waals surface area contributed by atoms with E-state index < -0.39 is 9.84 Å². The Hall–Kier alpha value is -0.170. The van der Waals surface area contributed by atoms with Crippen LogP contribution in [0.4, 0.5) is 0 Å². The lowest BCUT2D eigenvalue weighted by Crippen LogP contribution is -2.60. The van der Waals surface area contributed by atoms with Gasteiger partial charge in [0.15, 0.2) is 9.84 Å². The van der Waals surface area contributed by atoms with Gasteiger partial charge in [0.05, 0.1) is 11.5 Å². The van der Waals surface area contributed by atoms with E-state index in [1.165, 1.54) is 0 Å². The third kappa shape index (κ3) is 3.19. The van der Waals surface area contributed by atoms with Gasteiger partial charge in [0.2, 0.25) is 0 Å². The van der Waals surface area contributed by atoms with Crippen molar-refractivity contribution in [2.45, 2.75) is 24.9 Å². The molecule has 2 heterocycles. The van der Waals surface area contributed by atoms with E-state index in [0.29, 0.717) is 24.1 Å². The lowest BCUT2D eigenvalue weighted by molar-refractivity contribution is 0.0589. The molecule has 0 spiro atoms. The van der Waals surface area contributed by atoms with E-state index in [2.05, 4.69) is 16.8 Å². The van der Waals surface area contributed by atoms with E-state index in [4.69, 9.17) is 5.73 Å². The minimum absolute atomic E-state index is 0.191. The summed E-state index contributed by atoms with van der Waals surface area (Å²) in [6.07, 6.45) is 1.80. The number of hydrogen-bond donors (Lipinski definition) is 1. The molecule has 2 unspecified atom stereocenters. The van der Waals surface area contributed by atoms with Crippen molar-refractivity contribution in [3.63, 3.8) is 0 Å². The molecule has 2 saturated heterocycles. The quantitative estimate of drug-likeness (QED) is 0.700. The zero-order chi connectivity index (χ0) is 12.5. The Balaban J connectivity index is 2.05. The number of rotatable bonds is 2. The summed E-state index contributed by atoms with van der Waals surface area (Å²) in [5.41, 5.74) is 5.81. The van der Waals surface area contributed by atoms with Crippen LogP contribution in [0, 0.1) is 0 Å². The SMILES string of the molecule is CN1CCN(C2CCCS(=O)(=O)C2)C(CN)C1. The van der Waals surface area contributed by atoms with Crippen molar-refractivity contribution in [1.82, 2.24) is 9.80 Å². The molecular formula is C11H23N3O2S. The minimum atomic E-state index is -2.82. The van der Waals surface area contributed by atoms with Gasteiger partial charge in [-0.05, 0) is 19.9 Å². The maximum absolute atomic E-state index is 11.7. The fourth-order valence-corrected chi connectivity index (χ4v) is 4.69. The fraction of sp³-hybridized carbons (Fsp3) is 1.00. The maximum Gasteiger partial charge on any atom is 0.151 e. The lowest BCUT2D eigenvalue weighted by atomic mass is 10.1. The van der Waals surface area contributed by atoms with Gasteiger partial charge in [-0.25, -0.2) is 8.42 Å². The van der Waals surface area contributed by atoms with Crippen LogP contribution < -0.4 is 5.73 Å². The summed E-state index contributed by atoms with van der Waals surface area (Å²) in [6, 6.07) is 0.503. The molecule has 0 aromatic rings. The summed E-state index contributed by atoms with van der Waals surface area (Å²) in [6.45, 7) is 3.51. The molecule has 2 fully saturated rings. The van der Waals surface area contributed by atoms with Gasteiger partial charge in [0.25, 0.3) is 0 Å². The molecule has 0 amide bonds. The second-order valence-corrected chi connectivity index (χ2v) is 7.53. The first-order valence-corrected chi connectivity index (χ1v) is 8.19. The molecule has 0 radical (unpaired) electrons. The summed E-state index contributed by atoms with van der Waals surface area (Å²) in [4.78, 5) is 4.60. The normalized spacial score (nSPS) is 35.9. The number of sulfone groups is 1. The van der Waals surface area contributed by atoms with Crippen LogP contribution in [-0.4, -0.2) is 75.0 Å². The second kappa shape index (κ2) is 5.22. The molecule has 0 saturated carbocycles. The fourth-order valence-electron chi connectivity index (χ4n) is 2.98.